The van der Waals surface area contributed by atoms with Crippen molar-refractivity contribution in [3.63, 3.8) is 0 Å². The zero-order valence-electron chi connectivity index (χ0n) is 20.2. The van der Waals surface area contributed by atoms with Crippen molar-refractivity contribution < 1.29 is 35.5 Å². The minimum Gasteiger partial charge on any atom is 0 e. The quantitative estimate of drug-likeness (QED) is 0.144. The molecular formula is C32H22CrFO3P+. The van der Waals surface area contributed by atoms with Gasteiger partial charge in [0, 0.05) is 47.2 Å². The molecule has 0 N–H and O–H groups in total. The SMILES string of the molecule is F[P+]1(c2ccccc2)[C](c2ccccc2)[CH][C](c2ccccc2)[CH][C]1c1ccccc1.[C-]#[O+].[C-]#[O+].[C-]#[O+].[Cr]. The van der Waals surface area contributed by atoms with E-state index in [2.05, 4.69) is 44.9 Å². The third kappa shape index (κ3) is 7.52. The molecule has 185 valence electrons. The first kappa shape index (κ1) is 33.0. The van der Waals surface area contributed by atoms with Gasteiger partial charge in [-0.3, -0.25) is 0 Å². The minimum atomic E-state index is -3.34. The first-order valence-corrected chi connectivity index (χ1v) is 12.7. The van der Waals surface area contributed by atoms with Crippen LogP contribution in [0, 0.1) is 50.0 Å². The fourth-order valence-electron chi connectivity index (χ4n) is 4.09. The summed E-state index contributed by atoms with van der Waals surface area (Å²) in [6.45, 7) is 13.5. The van der Waals surface area contributed by atoms with E-state index in [1.807, 2.05) is 109 Å². The van der Waals surface area contributed by atoms with Gasteiger partial charge in [-0.15, -0.1) is 0 Å². The number of benzene rings is 4. The van der Waals surface area contributed by atoms with Crippen LogP contribution < -0.4 is 5.30 Å². The number of rotatable bonds is 4. The van der Waals surface area contributed by atoms with Gasteiger partial charge in [0.1, 0.15) is 5.30 Å². The van der Waals surface area contributed by atoms with Gasteiger partial charge in [-0.05, 0) is 17.7 Å². The molecular weight excluding hydrogens is 534 g/mol. The van der Waals surface area contributed by atoms with Crippen molar-refractivity contribution in [3.05, 3.63) is 188 Å². The summed E-state index contributed by atoms with van der Waals surface area (Å²) in [6, 6.07) is 39.8. The van der Waals surface area contributed by atoms with Crippen LogP contribution in [0.15, 0.2) is 121 Å². The van der Waals surface area contributed by atoms with Crippen molar-refractivity contribution in [2.75, 3.05) is 0 Å². The molecule has 0 aromatic heterocycles. The first-order chi connectivity index (χ1) is 18.3. The molecule has 0 saturated carbocycles. The van der Waals surface area contributed by atoms with Crippen LogP contribution in [0.4, 0.5) is 4.20 Å². The maximum Gasteiger partial charge on any atom is 0 e. The van der Waals surface area contributed by atoms with Crippen LogP contribution in [0.3, 0.4) is 0 Å². The van der Waals surface area contributed by atoms with Crippen molar-refractivity contribution in [2.45, 2.75) is 0 Å². The maximum atomic E-state index is 17.7. The second-order valence-electron chi connectivity index (χ2n) is 7.54. The molecule has 0 unspecified atom stereocenters. The van der Waals surface area contributed by atoms with Crippen LogP contribution in [0.1, 0.15) is 16.7 Å². The summed E-state index contributed by atoms with van der Waals surface area (Å²) in [7, 11) is -3.34. The molecule has 0 atom stereocenters. The smallest absolute Gasteiger partial charge is 0 e. The third-order valence-electron chi connectivity index (χ3n) is 5.61. The monoisotopic (exact) mass is 556 g/mol. The van der Waals surface area contributed by atoms with Crippen LogP contribution in [0.5, 0.6) is 0 Å². The Morgan fingerprint density at radius 1 is 0.447 bits per heavy atom. The Hall–Kier alpha value is -3.01. The molecule has 6 heteroatoms. The predicted octanol–water partition coefficient (Wildman–Crippen LogP) is 7.30. The summed E-state index contributed by atoms with van der Waals surface area (Å²) in [5.74, 6) is 1.03. The van der Waals surface area contributed by atoms with Crippen LogP contribution in [-0.4, -0.2) is 0 Å². The Bertz CT molecular complexity index is 1190. The Balaban J connectivity index is 0.000000966. The Labute approximate surface area is 235 Å². The van der Waals surface area contributed by atoms with Crippen molar-refractivity contribution in [2.24, 2.45) is 0 Å². The Morgan fingerprint density at radius 2 is 0.737 bits per heavy atom. The summed E-state index contributed by atoms with van der Waals surface area (Å²) < 4.78 is 40.2. The molecule has 0 bridgehead atoms. The second-order valence-corrected chi connectivity index (χ2v) is 10.2. The van der Waals surface area contributed by atoms with Crippen LogP contribution in [0.2, 0.25) is 0 Å². The molecule has 5 radical (unpaired) electrons. The van der Waals surface area contributed by atoms with Gasteiger partial charge in [0.2, 0.25) is 0 Å². The average molecular weight is 556 g/mol. The van der Waals surface area contributed by atoms with E-state index in [0.717, 1.165) is 39.2 Å². The fraction of sp³-hybridized carbons (Fsp3) is 0. The molecule has 0 amide bonds. The molecule has 3 nitrogen and oxygen atoms in total. The Morgan fingerprint density at radius 3 is 1.08 bits per heavy atom. The fourth-order valence-corrected chi connectivity index (χ4v) is 7.14. The molecule has 38 heavy (non-hydrogen) atoms. The van der Waals surface area contributed by atoms with E-state index in [-0.39, 0.29) is 17.4 Å². The largest absolute Gasteiger partial charge is 0 e. The van der Waals surface area contributed by atoms with E-state index in [1.165, 1.54) is 0 Å². The standard InChI is InChI=1S/C29H22FP.3CO.Cr/c30-31(27-19-11-4-12-20-27)28(24-15-7-2-8-16-24)21-26(23-13-5-1-6-14-23)22-29(31)25-17-9-3-10-18-25;3*1-2;/h1-22H;;;;/q+1;;;;. The van der Waals surface area contributed by atoms with Gasteiger partial charge in [0.15, 0.2) is 11.3 Å². The molecule has 4 aromatic carbocycles. The molecule has 5 rings (SSSR count). The number of hydrogen-bond acceptors (Lipinski definition) is 0. The average Bonchev–Trinajstić information content (AvgIpc) is 3.02. The molecule has 1 fully saturated rings. The van der Waals surface area contributed by atoms with E-state index in [1.54, 1.807) is 0 Å². The predicted molar refractivity (Wildman–Crippen MR) is 141 cm³/mol. The van der Waals surface area contributed by atoms with E-state index >= 15 is 4.20 Å². The molecule has 0 aliphatic carbocycles. The first-order valence-electron chi connectivity index (χ1n) is 11.0. The van der Waals surface area contributed by atoms with Gasteiger partial charge in [-0.25, -0.2) is 0 Å². The van der Waals surface area contributed by atoms with Crippen LogP contribution >= 0.6 is 7.57 Å². The normalized spacial score (nSPS) is 14.4. The van der Waals surface area contributed by atoms with E-state index in [0.29, 0.717) is 0 Å². The summed E-state index contributed by atoms with van der Waals surface area (Å²) in [4.78, 5) is 0. The molecule has 4 aromatic rings. The van der Waals surface area contributed by atoms with E-state index < -0.39 is 7.57 Å². The van der Waals surface area contributed by atoms with Crippen molar-refractivity contribution in [1.82, 2.24) is 0 Å². The summed E-state index contributed by atoms with van der Waals surface area (Å²) >= 11 is 0. The third-order valence-corrected chi connectivity index (χ3v) is 8.72. The molecule has 1 saturated heterocycles. The van der Waals surface area contributed by atoms with Gasteiger partial charge >= 0.3 is 33.9 Å². The molecule has 1 heterocycles. The maximum absolute atomic E-state index is 17.7. The van der Waals surface area contributed by atoms with Crippen LogP contribution in [0.25, 0.3) is 0 Å². The van der Waals surface area contributed by atoms with Gasteiger partial charge in [-0.1, -0.05) is 113 Å². The zero-order valence-corrected chi connectivity index (χ0v) is 22.3. The van der Waals surface area contributed by atoms with Gasteiger partial charge in [-0.2, -0.15) is 0 Å². The topological polar surface area (TPSA) is 59.7 Å². The summed E-state index contributed by atoms with van der Waals surface area (Å²) in [6.07, 6.45) is 4.11. The van der Waals surface area contributed by atoms with Crippen LogP contribution in [-0.2, 0) is 31.3 Å². The molecule has 0 spiro atoms. The van der Waals surface area contributed by atoms with Gasteiger partial charge < -0.3 is 0 Å². The summed E-state index contributed by atoms with van der Waals surface area (Å²) in [5, 5.41) is 0.743. The van der Waals surface area contributed by atoms with E-state index in [9.17, 15) is 0 Å². The van der Waals surface area contributed by atoms with Gasteiger partial charge in [0.25, 0.3) is 7.57 Å². The van der Waals surface area contributed by atoms with Crippen molar-refractivity contribution in [1.29, 1.82) is 0 Å². The van der Waals surface area contributed by atoms with Crippen molar-refractivity contribution >= 4 is 12.9 Å². The minimum absolute atomic E-state index is 0. The zero-order chi connectivity index (χ0) is 27.1. The summed E-state index contributed by atoms with van der Waals surface area (Å²) in [5.41, 5.74) is 4.47. The second kappa shape index (κ2) is 17.5. The number of halogens is 1. The molecule has 1 aliphatic heterocycles. The Kier molecular flexibility index (Phi) is 15.2. The van der Waals surface area contributed by atoms with Gasteiger partial charge in [0.05, 0.1) is 0 Å². The van der Waals surface area contributed by atoms with E-state index in [4.69, 9.17) is 14.0 Å². The van der Waals surface area contributed by atoms with Crippen molar-refractivity contribution in [3.8, 4) is 0 Å². The molecule has 1 aliphatic rings. The number of hydrogen-bond donors (Lipinski definition) is 0.